The Kier molecular flexibility index (Phi) is 4.89. The summed E-state index contributed by atoms with van der Waals surface area (Å²) in [5.74, 6) is 0.960. The highest BCUT2D eigenvalue weighted by atomic mass is 35.5. The first-order valence-electron chi connectivity index (χ1n) is 6.89. The van der Waals surface area contributed by atoms with E-state index in [4.69, 9.17) is 16.3 Å². The van der Waals surface area contributed by atoms with Crippen LogP contribution in [-0.4, -0.2) is 43.6 Å². The van der Waals surface area contributed by atoms with E-state index in [0.29, 0.717) is 28.8 Å². The van der Waals surface area contributed by atoms with Crippen molar-refractivity contribution >= 4 is 17.5 Å². The molecule has 4 nitrogen and oxygen atoms in total. The fourth-order valence-corrected chi connectivity index (χ4v) is 2.75. The summed E-state index contributed by atoms with van der Waals surface area (Å²) in [6.45, 7) is 6.61. The lowest BCUT2D eigenvalue weighted by atomic mass is 9.99. The van der Waals surface area contributed by atoms with Crippen LogP contribution in [0.2, 0.25) is 5.02 Å². The highest BCUT2D eigenvalue weighted by molar-refractivity contribution is 6.31. The van der Waals surface area contributed by atoms with Crippen LogP contribution in [0.4, 0.5) is 0 Å². The van der Waals surface area contributed by atoms with Crippen molar-refractivity contribution in [1.29, 1.82) is 0 Å². The van der Waals surface area contributed by atoms with E-state index in [-0.39, 0.29) is 11.9 Å². The second-order valence-electron chi connectivity index (χ2n) is 5.36. The van der Waals surface area contributed by atoms with E-state index in [9.17, 15) is 4.79 Å². The van der Waals surface area contributed by atoms with Crippen LogP contribution in [-0.2, 0) is 0 Å². The van der Waals surface area contributed by atoms with Crippen molar-refractivity contribution < 1.29 is 9.53 Å². The molecule has 1 aromatic rings. The van der Waals surface area contributed by atoms with Gasteiger partial charge in [0, 0.05) is 30.7 Å². The van der Waals surface area contributed by atoms with Gasteiger partial charge in [-0.3, -0.25) is 4.79 Å². The van der Waals surface area contributed by atoms with Gasteiger partial charge >= 0.3 is 0 Å². The van der Waals surface area contributed by atoms with Gasteiger partial charge in [0.05, 0.1) is 12.7 Å². The maximum absolute atomic E-state index is 12.8. The second kappa shape index (κ2) is 6.46. The molecule has 1 saturated heterocycles. The lowest BCUT2D eigenvalue weighted by Gasteiger charge is -2.38. The summed E-state index contributed by atoms with van der Waals surface area (Å²) < 4.78 is 5.29. The van der Waals surface area contributed by atoms with Crippen LogP contribution in [0.1, 0.15) is 24.2 Å². The fourth-order valence-electron chi connectivity index (χ4n) is 2.58. The van der Waals surface area contributed by atoms with Crippen molar-refractivity contribution in [3.05, 3.63) is 28.8 Å². The summed E-state index contributed by atoms with van der Waals surface area (Å²) in [5, 5.41) is 3.89. The number of nitrogens with one attached hydrogen (secondary N) is 1. The summed E-state index contributed by atoms with van der Waals surface area (Å²) in [4.78, 5) is 14.7. The number of nitrogens with zero attached hydrogens (tertiary/aromatic N) is 1. The molecule has 1 N–H and O–H groups in total. The summed E-state index contributed by atoms with van der Waals surface area (Å²) in [5.41, 5.74) is 0.535. The van der Waals surface area contributed by atoms with Crippen LogP contribution < -0.4 is 10.1 Å². The van der Waals surface area contributed by atoms with Gasteiger partial charge in [0.2, 0.25) is 0 Å². The lowest BCUT2D eigenvalue weighted by Crippen LogP contribution is -2.55. The van der Waals surface area contributed by atoms with Gasteiger partial charge in [0.15, 0.2) is 0 Å². The number of carbonyl (C=O) groups is 1. The van der Waals surface area contributed by atoms with Gasteiger partial charge in [-0.15, -0.1) is 0 Å². The number of amides is 1. The molecule has 0 aliphatic carbocycles. The summed E-state index contributed by atoms with van der Waals surface area (Å²) >= 11 is 6.02. The van der Waals surface area contributed by atoms with E-state index in [1.54, 1.807) is 25.3 Å². The molecule has 0 aromatic heterocycles. The SMILES string of the molecule is COc1ccc(Cl)cc1C(=O)N1CCNCC1C(C)C. The van der Waals surface area contributed by atoms with Crippen molar-refractivity contribution in [2.45, 2.75) is 19.9 Å². The molecule has 1 aromatic carbocycles. The minimum Gasteiger partial charge on any atom is -0.496 e. The van der Waals surface area contributed by atoms with Crippen molar-refractivity contribution in [2.75, 3.05) is 26.7 Å². The molecular weight excluding hydrogens is 276 g/mol. The van der Waals surface area contributed by atoms with Crippen LogP contribution in [0.25, 0.3) is 0 Å². The van der Waals surface area contributed by atoms with Gasteiger partial charge in [-0.1, -0.05) is 25.4 Å². The Morgan fingerprint density at radius 3 is 2.90 bits per heavy atom. The molecule has 1 aliphatic heterocycles. The Labute approximate surface area is 125 Å². The highest BCUT2D eigenvalue weighted by Crippen LogP contribution is 2.26. The van der Waals surface area contributed by atoms with Gasteiger partial charge in [-0.05, 0) is 24.1 Å². The van der Waals surface area contributed by atoms with Crippen molar-refractivity contribution in [2.24, 2.45) is 5.92 Å². The average molecular weight is 297 g/mol. The summed E-state index contributed by atoms with van der Waals surface area (Å²) in [6, 6.07) is 5.35. The monoisotopic (exact) mass is 296 g/mol. The van der Waals surface area contributed by atoms with Crippen molar-refractivity contribution in [3.8, 4) is 5.75 Å². The number of ether oxygens (including phenoxy) is 1. The van der Waals surface area contributed by atoms with E-state index < -0.39 is 0 Å². The van der Waals surface area contributed by atoms with Crippen LogP contribution in [0.5, 0.6) is 5.75 Å². The smallest absolute Gasteiger partial charge is 0.258 e. The number of hydrogen-bond acceptors (Lipinski definition) is 3. The minimum absolute atomic E-state index is 0.00968. The Hall–Kier alpha value is -1.26. The van der Waals surface area contributed by atoms with Crippen LogP contribution in [0, 0.1) is 5.92 Å². The van der Waals surface area contributed by atoms with Crippen LogP contribution in [0.3, 0.4) is 0 Å². The number of hydrogen-bond donors (Lipinski definition) is 1. The second-order valence-corrected chi connectivity index (χ2v) is 5.80. The van der Waals surface area contributed by atoms with Crippen molar-refractivity contribution in [1.82, 2.24) is 10.2 Å². The van der Waals surface area contributed by atoms with Gasteiger partial charge in [0.25, 0.3) is 5.91 Å². The quantitative estimate of drug-likeness (QED) is 0.931. The van der Waals surface area contributed by atoms with Crippen molar-refractivity contribution in [3.63, 3.8) is 0 Å². The molecule has 2 rings (SSSR count). The third-order valence-corrected chi connectivity index (χ3v) is 3.94. The minimum atomic E-state index is -0.00968. The molecular formula is C15H21ClN2O2. The summed E-state index contributed by atoms with van der Waals surface area (Å²) in [6.07, 6.45) is 0. The molecule has 5 heteroatoms. The van der Waals surface area contributed by atoms with E-state index in [1.807, 2.05) is 4.90 Å². The van der Waals surface area contributed by atoms with Gasteiger partial charge in [0.1, 0.15) is 5.75 Å². The fraction of sp³-hybridized carbons (Fsp3) is 0.533. The van der Waals surface area contributed by atoms with E-state index in [2.05, 4.69) is 19.2 Å². The zero-order chi connectivity index (χ0) is 14.7. The molecule has 1 heterocycles. The topological polar surface area (TPSA) is 41.6 Å². The number of benzene rings is 1. The van der Waals surface area contributed by atoms with Crippen LogP contribution >= 0.6 is 11.6 Å². The third-order valence-electron chi connectivity index (χ3n) is 3.71. The number of carbonyl (C=O) groups excluding carboxylic acids is 1. The molecule has 0 radical (unpaired) electrons. The molecule has 1 unspecified atom stereocenters. The third kappa shape index (κ3) is 3.07. The number of rotatable bonds is 3. The molecule has 1 amide bonds. The number of piperazine rings is 1. The first-order valence-corrected chi connectivity index (χ1v) is 7.27. The molecule has 0 saturated carbocycles. The first-order chi connectivity index (χ1) is 9.54. The first kappa shape index (κ1) is 15.1. The molecule has 1 atom stereocenters. The Bertz CT molecular complexity index is 491. The molecule has 110 valence electrons. The van der Waals surface area contributed by atoms with Gasteiger partial charge in [-0.25, -0.2) is 0 Å². The largest absolute Gasteiger partial charge is 0.496 e. The van der Waals surface area contributed by atoms with Gasteiger partial charge in [-0.2, -0.15) is 0 Å². The van der Waals surface area contributed by atoms with E-state index in [1.165, 1.54) is 0 Å². The van der Waals surface area contributed by atoms with E-state index >= 15 is 0 Å². The Morgan fingerprint density at radius 2 is 2.25 bits per heavy atom. The average Bonchev–Trinajstić information content (AvgIpc) is 2.46. The predicted molar refractivity (Wildman–Crippen MR) is 80.5 cm³/mol. The zero-order valence-corrected chi connectivity index (χ0v) is 12.9. The van der Waals surface area contributed by atoms with Crippen LogP contribution in [0.15, 0.2) is 18.2 Å². The number of methoxy groups -OCH3 is 1. The molecule has 0 bridgehead atoms. The Morgan fingerprint density at radius 1 is 1.50 bits per heavy atom. The van der Waals surface area contributed by atoms with Gasteiger partial charge < -0.3 is 15.0 Å². The predicted octanol–water partition coefficient (Wildman–Crippen LogP) is 2.42. The standard InChI is InChI=1S/C15H21ClN2O2/c1-10(2)13-9-17-6-7-18(13)15(19)12-8-11(16)4-5-14(12)20-3/h4-5,8,10,13,17H,6-7,9H2,1-3H3. The highest BCUT2D eigenvalue weighted by Gasteiger charge is 2.30. The normalized spacial score (nSPS) is 19.2. The number of halogens is 1. The van der Waals surface area contributed by atoms with E-state index in [0.717, 1.165) is 13.1 Å². The molecule has 20 heavy (non-hydrogen) atoms. The molecule has 1 fully saturated rings. The summed E-state index contributed by atoms with van der Waals surface area (Å²) in [7, 11) is 1.57. The lowest BCUT2D eigenvalue weighted by molar-refractivity contribution is 0.0570. The maximum Gasteiger partial charge on any atom is 0.258 e. The maximum atomic E-state index is 12.8. The zero-order valence-electron chi connectivity index (χ0n) is 12.1. The molecule has 1 aliphatic rings. The Balaban J connectivity index is 2.31. The molecule has 0 spiro atoms.